The van der Waals surface area contributed by atoms with Gasteiger partial charge in [0.25, 0.3) is 0 Å². The van der Waals surface area contributed by atoms with Crippen molar-refractivity contribution in [1.82, 2.24) is 0 Å². The van der Waals surface area contributed by atoms with Gasteiger partial charge >= 0.3 is 6.16 Å². The number of carbonyl (C=O) groups excluding carboxylic acids is 1. The van der Waals surface area contributed by atoms with Gasteiger partial charge in [-0.05, 0) is 46.5 Å². The number of carbonyl (C=O) groups is 1. The molecule has 0 spiro atoms. The van der Waals surface area contributed by atoms with E-state index in [2.05, 4.69) is 5.92 Å². The van der Waals surface area contributed by atoms with Crippen molar-refractivity contribution in [2.45, 2.75) is 64.1 Å². The molecule has 3 nitrogen and oxygen atoms in total. The molecule has 1 aliphatic carbocycles. The Labute approximate surface area is 97.5 Å². The Hall–Kier alpha value is -1.17. The summed E-state index contributed by atoms with van der Waals surface area (Å²) in [6.45, 7) is 5.41. The van der Waals surface area contributed by atoms with E-state index in [1.165, 1.54) is 0 Å². The van der Waals surface area contributed by atoms with Crippen LogP contribution in [0.5, 0.6) is 0 Å². The van der Waals surface area contributed by atoms with Gasteiger partial charge < -0.3 is 9.47 Å². The quantitative estimate of drug-likeness (QED) is 0.506. The summed E-state index contributed by atoms with van der Waals surface area (Å²) in [5, 5.41) is 0. The third-order valence-corrected chi connectivity index (χ3v) is 2.59. The highest BCUT2D eigenvalue weighted by atomic mass is 16.7. The molecule has 0 aromatic rings. The molecular formula is C13H20O3. The van der Waals surface area contributed by atoms with E-state index in [1.54, 1.807) is 20.8 Å². The smallest absolute Gasteiger partial charge is 0.429 e. The van der Waals surface area contributed by atoms with Crippen LogP contribution < -0.4 is 0 Å². The van der Waals surface area contributed by atoms with Crippen LogP contribution in [0.4, 0.5) is 4.79 Å². The normalized spacial score (nSPS) is 19.6. The van der Waals surface area contributed by atoms with Crippen LogP contribution in [0.1, 0.15) is 52.9 Å². The summed E-state index contributed by atoms with van der Waals surface area (Å²) in [6.07, 6.45) is 9.45. The maximum absolute atomic E-state index is 11.6. The van der Waals surface area contributed by atoms with Crippen molar-refractivity contribution in [2.24, 2.45) is 0 Å². The zero-order valence-electron chi connectivity index (χ0n) is 10.3. The average Bonchev–Trinajstić information content (AvgIpc) is 2.16. The van der Waals surface area contributed by atoms with Gasteiger partial charge in [-0.15, -0.1) is 6.42 Å². The van der Waals surface area contributed by atoms with Crippen molar-refractivity contribution in [2.75, 3.05) is 0 Å². The van der Waals surface area contributed by atoms with Gasteiger partial charge in [0.15, 0.2) is 5.60 Å². The number of rotatable bonds is 1. The van der Waals surface area contributed by atoms with Gasteiger partial charge in [-0.1, -0.05) is 12.3 Å². The van der Waals surface area contributed by atoms with Crippen LogP contribution in [0.15, 0.2) is 0 Å². The van der Waals surface area contributed by atoms with Gasteiger partial charge in [0.2, 0.25) is 0 Å². The molecule has 0 aliphatic heterocycles. The molecule has 0 unspecified atom stereocenters. The third kappa shape index (κ3) is 3.77. The summed E-state index contributed by atoms with van der Waals surface area (Å²) >= 11 is 0. The first-order chi connectivity index (χ1) is 7.37. The summed E-state index contributed by atoms with van der Waals surface area (Å²) in [4.78, 5) is 11.6. The molecule has 0 saturated heterocycles. The lowest BCUT2D eigenvalue weighted by atomic mass is 9.85. The monoisotopic (exact) mass is 224 g/mol. The minimum Gasteiger partial charge on any atom is -0.429 e. The van der Waals surface area contributed by atoms with Gasteiger partial charge in [0.1, 0.15) is 5.60 Å². The number of terminal acetylenes is 1. The fourth-order valence-corrected chi connectivity index (χ4v) is 1.83. The zero-order chi connectivity index (χ0) is 12.2. The second kappa shape index (κ2) is 4.78. The summed E-state index contributed by atoms with van der Waals surface area (Å²) in [5.74, 6) is 2.61. The fraction of sp³-hybridized carbons (Fsp3) is 0.769. The van der Waals surface area contributed by atoms with Crippen LogP contribution in [0.25, 0.3) is 0 Å². The molecule has 0 atom stereocenters. The summed E-state index contributed by atoms with van der Waals surface area (Å²) in [6, 6.07) is 0. The van der Waals surface area contributed by atoms with Crippen LogP contribution in [0.3, 0.4) is 0 Å². The summed E-state index contributed by atoms with van der Waals surface area (Å²) in [5.41, 5.74) is -1.28. The standard InChI is InChI=1S/C13H20O3/c1-5-13(9-7-6-8-10-13)16-11(14)15-12(2,3)4/h1H,6-10H2,2-4H3. The molecule has 0 amide bonds. The second-order valence-corrected chi connectivity index (χ2v) is 5.27. The van der Waals surface area contributed by atoms with Gasteiger partial charge in [-0.2, -0.15) is 0 Å². The highest BCUT2D eigenvalue weighted by molar-refractivity contribution is 5.61. The van der Waals surface area contributed by atoms with Crippen molar-refractivity contribution >= 4 is 6.16 Å². The molecule has 0 N–H and O–H groups in total. The highest BCUT2D eigenvalue weighted by Crippen LogP contribution is 2.31. The molecule has 0 bridgehead atoms. The molecule has 3 heteroatoms. The van der Waals surface area contributed by atoms with Gasteiger partial charge in [0.05, 0.1) is 0 Å². The molecule has 0 aromatic carbocycles. The number of hydrogen-bond donors (Lipinski definition) is 0. The Bertz CT molecular complexity index is 287. The van der Waals surface area contributed by atoms with E-state index in [1.807, 2.05) is 0 Å². The molecule has 0 aromatic heterocycles. The van der Waals surface area contributed by atoms with Crippen LogP contribution in [0.2, 0.25) is 0 Å². The second-order valence-electron chi connectivity index (χ2n) is 5.27. The SMILES string of the molecule is C#CC1(OC(=O)OC(C)(C)C)CCCCC1. The van der Waals surface area contributed by atoms with Crippen molar-refractivity contribution in [3.63, 3.8) is 0 Å². The zero-order valence-corrected chi connectivity index (χ0v) is 10.3. The van der Waals surface area contributed by atoms with E-state index >= 15 is 0 Å². The topological polar surface area (TPSA) is 35.5 Å². The van der Waals surface area contributed by atoms with Gasteiger partial charge in [0, 0.05) is 0 Å². The van der Waals surface area contributed by atoms with Crippen LogP contribution in [-0.2, 0) is 9.47 Å². The first-order valence-electron chi connectivity index (χ1n) is 5.77. The molecule has 16 heavy (non-hydrogen) atoms. The van der Waals surface area contributed by atoms with E-state index in [4.69, 9.17) is 15.9 Å². The van der Waals surface area contributed by atoms with Crippen molar-refractivity contribution in [1.29, 1.82) is 0 Å². The number of hydrogen-bond acceptors (Lipinski definition) is 3. The average molecular weight is 224 g/mol. The Balaban J connectivity index is 2.57. The summed E-state index contributed by atoms with van der Waals surface area (Å²) in [7, 11) is 0. The van der Waals surface area contributed by atoms with E-state index in [-0.39, 0.29) is 0 Å². The molecule has 0 radical (unpaired) electrons. The van der Waals surface area contributed by atoms with E-state index in [9.17, 15) is 4.79 Å². The van der Waals surface area contributed by atoms with Crippen LogP contribution in [0, 0.1) is 12.3 Å². The number of ether oxygens (including phenoxy) is 2. The van der Waals surface area contributed by atoms with Crippen molar-refractivity contribution in [3.8, 4) is 12.3 Å². The Kier molecular flexibility index (Phi) is 3.85. The molecule has 1 rings (SSSR count). The maximum Gasteiger partial charge on any atom is 0.510 e. The largest absolute Gasteiger partial charge is 0.510 e. The molecule has 0 heterocycles. The van der Waals surface area contributed by atoms with Crippen LogP contribution >= 0.6 is 0 Å². The Morgan fingerprint density at radius 2 is 1.81 bits per heavy atom. The molecule has 1 saturated carbocycles. The lowest BCUT2D eigenvalue weighted by molar-refractivity contribution is -0.0561. The summed E-state index contributed by atoms with van der Waals surface area (Å²) < 4.78 is 10.4. The molecular weight excluding hydrogens is 204 g/mol. The lowest BCUT2D eigenvalue weighted by Gasteiger charge is -2.32. The highest BCUT2D eigenvalue weighted by Gasteiger charge is 2.35. The Morgan fingerprint density at radius 3 is 2.25 bits per heavy atom. The van der Waals surface area contributed by atoms with E-state index < -0.39 is 17.4 Å². The van der Waals surface area contributed by atoms with Gasteiger partial charge in [-0.3, -0.25) is 0 Å². The van der Waals surface area contributed by atoms with Crippen molar-refractivity contribution < 1.29 is 14.3 Å². The first-order valence-corrected chi connectivity index (χ1v) is 5.77. The Morgan fingerprint density at radius 1 is 1.25 bits per heavy atom. The lowest BCUT2D eigenvalue weighted by Crippen LogP contribution is -2.38. The minimum atomic E-state index is -0.736. The first kappa shape index (κ1) is 12.9. The molecule has 1 aliphatic rings. The third-order valence-electron chi connectivity index (χ3n) is 2.59. The van der Waals surface area contributed by atoms with E-state index in [0.29, 0.717) is 0 Å². The van der Waals surface area contributed by atoms with Crippen molar-refractivity contribution in [3.05, 3.63) is 0 Å². The van der Waals surface area contributed by atoms with Gasteiger partial charge in [-0.25, -0.2) is 4.79 Å². The minimum absolute atomic E-state index is 0.540. The predicted molar refractivity (Wildman–Crippen MR) is 62.0 cm³/mol. The molecule has 90 valence electrons. The fourth-order valence-electron chi connectivity index (χ4n) is 1.83. The predicted octanol–water partition coefficient (Wildman–Crippen LogP) is 3.27. The molecule has 1 fully saturated rings. The van der Waals surface area contributed by atoms with E-state index in [0.717, 1.165) is 32.1 Å². The van der Waals surface area contributed by atoms with Crippen LogP contribution in [-0.4, -0.2) is 17.4 Å². The maximum atomic E-state index is 11.6.